The molecular formula is C15H14FN3O3. The number of nitrogens with zero attached hydrogens (tertiary/aromatic N) is 3. The van der Waals surface area contributed by atoms with Gasteiger partial charge in [-0.25, -0.2) is 4.39 Å². The highest BCUT2D eigenvalue weighted by atomic mass is 19.1. The lowest BCUT2D eigenvalue weighted by atomic mass is 10.2. The van der Waals surface area contributed by atoms with Gasteiger partial charge in [0, 0.05) is 19.2 Å². The SMILES string of the molecule is CC(=O)OCc1cc2n(n1)CCN(c1ccc(F)cc1)C2=O. The summed E-state index contributed by atoms with van der Waals surface area (Å²) in [6.07, 6.45) is 0. The Morgan fingerprint density at radius 2 is 2.05 bits per heavy atom. The second-order valence-corrected chi connectivity index (χ2v) is 4.96. The average molecular weight is 303 g/mol. The van der Waals surface area contributed by atoms with Crippen LogP contribution in [0.3, 0.4) is 0 Å². The number of halogens is 1. The van der Waals surface area contributed by atoms with E-state index in [9.17, 15) is 14.0 Å². The molecule has 0 fully saturated rings. The van der Waals surface area contributed by atoms with Crippen LogP contribution in [0.1, 0.15) is 23.1 Å². The molecule has 3 rings (SSSR count). The first-order chi connectivity index (χ1) is 10.5. The molecule has 0 spiro atoms. The van der Waals surface area contributed by atoms with Crippen molar-refractivity contribution in [1.82, 2.24) is 9.78 Å². The third-order valence-electron chi connectivity index (χ3n) is 3.39. The van der Waals surface area contributed by atoms with Crippen molar-refractivity contribution in [2.75, 3.05) is 11.4 Å². The van der Waals surface area contributed by atoms with E-state index in [-0.39, 0.29) is 18.3 Å². The van der Waals surface area contributed by atoms with Crippen LogP contribution in [0.5, 0.6) is 0 Å². The summed E-state index contributed by atoms with van der Waals surface area (Å²) in [7, 11) is 0. The fourth-order valence-electron chi connectivity index (χ4n) is 2.36. The van der Waals surface area contributed by atoms with Gasteiger partial charge in [-0.15, -0.1) is 0 Å². The highest BCUT2D eigenvalue weighted by Crippen LogP contribution is 2.22. The van der Waals surface area contributed by atoms with Crippen molar-refractivity contribution in [1.29, 1.82) is 0 Å². The molecule has 7 heteroatoms. The third kappa shape index (κ3) is 2.69. The number of carbonyl (C=O) groups excluding carboxylic acids is 2. The summed E-state index contributed by atoms with van der Waals surface area (Å²) in [5, 5.41) is 4.25. The van der Waals surface area contributed by atoms with Gasteiger partial charge in [0.25, 0.3) is 5.91 Å². The fourth-order valence-corrected chi connectivity index (χ4v) is 2.36. The quantitative estimate of drug-likeness (QED) is 0.810. The Balaban J connectivity index is 1.82. The van der Waals surface area contributed by atoms with E-state index in [4.69, 9.17) is 4.74 Å². The maximum absolute atomic E-state index is 13.0. The van der Waals surface area contributed by atoms with Crippen LogP contribution in [0.15, 0.2) is 30.3 Å². The Morgan fingerprint density at radius 3 is 2.73 bits per heavy atom. The first-order valence-electron chi connectivity index (χ1n) is 6.82. The number of ether oxygens (including phenoxy) is 1. The Hall–Kier alpha value is -2.70. The lowest BCUT2D eigenvalue weighted by Crippen LogP contribution is -2.40. The molecule has 1 aliphatic rings. The number of aromatic nitrogens is 2. The zero-order valence-electron chi connectivity index (χ0n) is 12.0. The molecule has 0 atom stereocenters. The molecule has 0 saturated heterocycles. The minimum absolute atomic E-state index is 0.0408. The van der Waals surface area contributed by atoms with Gasteiger partial charge in [0.2, 0.25) is 0 Å². The summed E-state index contributed by atoms with van der Waals surface area (Å²) in [6.45, 7) is 2.33. The Kier molecular flexibility index (Phi) is 3.62. The average Bonchev–Trinajstić information content (AvgIpc) is 2.91. The van der Waals surface area contributed by atoms with E-state index in [0.29, 0.717) is 30.2 Å². The first-order valence-corrected chi connectivity index (χ1v) is 6.82. The smallest absolute Gasteiger partial charge is 0.303 e. The molecule has 0 aliphatic carbocycles. The van der Waals surface area contributed by atoms with E-state index < -0.39 is 5.97 Å². The van der Waals surface area contributed by atoms with E-state index in [1.165, 1.54) is 19.1 Å². The molecule has 0 bridgehead atoms. The standard InChI is InChI=1S/C15H14FN3O3/c1-10(20)22-9-12-8-14-15(21)18(6-7-19(14)17-12)13-4-2-11(16)3-5-13/h2-5,8H,6-7,9H2,1H3. The van der Waals surface area contributed by atoms with E-state index in [1.807, 2.05) is 0 Å². The number of hydrogen-bond acceptors (Lipinski definition) is 4. The van der Waals surface area contributed by atoms with Gasteiger partial charge in [0.1, 0.15) is 23.8 Å². The summed E-state index contributed by atoms with van der Waals surface area (Å²) < 4.78 is 19.5. The largest absolute Gasteiger partial charge is 0.459 e. The number of amides is 1. The zero-order valence-corrected chi connectivity index (χ0v) is 12.0. The number of carbonyl (C=O) groups is 2. The minimum atomic E-state index is -0.398. The summed E-state index contributed by atoms with van der Waals surface area (Å²) >= 11 is 0. The maximum atomic E-state index is 13.0. The molecular weight excluding hydrogens is 289 g/mol. The van der Waals surface area contributed by atoms with E-state index >= 15 is 0 Å². The summed E-state index contributed by atoms with van der Waals surface area (Å²) in [4.78, 5) is 24.9. The third-order valence-corrected chi connectivity index (χ3v) is 3.39. The molecule has 22 heavy (non-hydrogen) atoms. The number of hydrogen-bond donors (Lipinski definition) is 0. The van der Waals surface area contributed by atoms with Crippen molar-refractivity contribution < 1.29 is 18.7 Å². The first kappa shape index (κ1) is 14.2. The molecule has 1 aromatic carbocycles. The van der Waals surface area contributed by atoms with Gasteiger partial charge in [-0.1, -0.05) is 0 Å². The Morgan fingerprint density at radius 1 is 1.32 bits per heavy atom. The number of anilines is 1. The summed E-state index contributed by atoms with van der Waals surface area (Å²) in [5.74, 6) is -0.952. The second-order valence-electron chi connectivity index (χ2n) is 4.96. The predicted octanol–water partition coefficient (Wildman–Crippen LogP) is 1.75. The topological polar surface area (TPSA) is 64.4 Å². The van der Waals surface area contributed by atoms with Crippen LogP contribution < -0.4 is 4.90 Å². The molecule has 1 aliphatic heterocycles. The fraction of sp³-hybridized carbons (Fsp3) is 0.267. The minimum Gasteiger partial charge on any atom is -0.459 e. The van der Waals surface area contributed by atoms with Gasteiger partial charge in [-0.05, 0) is 30.3 Å². The lowest BCUT2D eigenvalue weighted by Gasteiger charge is -2.27. The Labute approximate surface area is 126 Å². The van der Waals surface area contributed by atoms with E-state index in [2.05, 4.69) is 5.10 Å². The number of esters is 1. The number of benzene rings is 1. The molecule has 6 nitrogen and oxygen atoms in total. The van der Waals surface area contributed by atoms with Gasteiger partial charge < -0.3 is 9.64 Å². The van der Waals surface area contributed by atoms with Crippen LogP contribution in [0, 0.1) is 5.82 Å². The summed E-state index contributed by atoms with van der Waals surface area (Å²) in [6, 6.07) is 7.39. The van der Waals surface area contributed by atoms with Crippen LogP contribution in [0.4, 0.5) is 10.1 Å². The van der Waals surface area contributed by atoms with Crippen LogP contribution in [0.25, 0.3) is 0 Å². The molecule has 1 amide bonds. The lowest BCUT2D eigenvalue weighted by molar-refractivity contribution is -0.142. The van der Waals surface area contributed by atoms with Crippen LogP contribution in [0.2, 0.25) is 0 Å². The van der Waals surface area contributed by atoms with Crippen LogP contribution in [-0.4, -0.2) is 28.2 Å². The maximum Gasteiger partial charge on any atom is 0.303 e. The monoisotopic (exact) mass is 303 g/mol. The number of rotatable bonds is 3. The normalized spacial score (nSPS) is 13.9. The van der Waals surface area contributed by atoms with Gasteiger partial charge >= 0.3 is 5.97 Å². The number of fused-ring (bicyclic) bond motifs is 1. The molecule has 2 heterocycles. The van der Waals surface area contributed by atoms with Gasteiger partial charge in [-0.2, -0.15) is 5.10 Å². The predicted molar refractivity (Wildman–Crippen MR) is 75.8 cm³/mol. The van der Waals surface area contributed by atoms with Gasteiger partial charge in [0.05, 0.1) is 6.54 Å². The van der Waals surface area contributed by atoms with E-state index in [0.717, 1.165) is 0 Å². The van der Waals surface area contributed by atoms with E-state index in [1.54, 1.807) is 27.8 Å². The zero-order chi connectivity index (χ0) is 15.7. The molecule has 0 unspecified atom stereocenters. The highest BCUT2D eigenvalue weighted by Gasteiger charge is 2.27. The molecule has 0 radical (unpaired) electrons. The van der Waals surface area contributed by atoms with Gasteiger partial charge in [0.15, 0.2) is 0 Å². The highest BCUT2D eigenvalue weighted by molar-refractivity contribution is 6.05. The van der Waals surface area contributed by atoms with Crippen LogP contribution >= 0.6 is 0 Å². The second kappa shape index (κ2) is 5.59. The Bertz CT molecular complexity index is 724. The molecule has 0 saturated carbocycles. The van der Waals surface area contributed by atoms with Crippen molar-refractivity contribution >= 4 is 17.6 Å². The molecule has 2 aromatic rings. The van der Waals surface area contributed by atoms with Crippen LogP contribution in [-0.2, 0) is 22.7 Å². The van der Waals surface area contributed by atoms with Gasteiger partial charge in [-0.3, -0.25) is 14.3 Å². The molecule has 114 valence electrons. The van der Waals surface area contributed by atoms with Crippen molar-refractivity contribution in [3.63, 3.8) is 0 Å². The van der Waals surface area contributed by atoms with Crippen molar-refractivity contribution in [2.45, 2.75) is 20.1 Å². The summed E-state index contributed by atoms with van der Waals surface area (Å²) in [5.41, 5.74) is 1.60. The van der Waals surface area contributed by atoms with Crippen molar-refractivity contribution in [3.8, 4) is 0 Å². The van der Waals surface area contributed by atoms with Crippen molar-refractivity contribution in [3.05, 3.63) is 47.5 Å². The van der Waals surface area contributed by atoms with Crippen molar-refractivity contribution in [2.24, 2.45) is 0 Å². The molecule has 1 aromatic heterocycles. The molecule has 0 N–H and O–H groups in total.